The molecule has 0 unspecified atom stereocenters. The number of rotatable bonds is 3. The summed E-state index contributed by atoms with van der Waals surface area (Å²) >= 11 is 0. The Bertz CT molecular complexity index is 278. The monoisotopic (exact) mass is 206 g/mol. The Morgan fingerprint density at radius 2 is 1.93 bits per heavy atom. The molecule has 0 spiro atoms. The maximum absolute atomic E-state index is 12.2. The summed E-state index contributed by atoms with van der Waals surface area (Å²) in [4.78, 5) is 2.21. The Labute approximate surface area is 90.9 Å². The van der Waals surface area contributed by atoms with Crippen molar-refractivity contribution in [2.24, 2.45) is 0 Å². The molecule has 0 aliphatic carbocycles. The summed E-state index contributed by atoms with van der Waals surface area (Å²) in [6, 6.07) is 11.3. The molecule has 15 heavy (non-hydrogen) atoms. The molecular weight excluding hydrogens is 189 g/mol. The van der Waals surface area contributed by atoms with Gasteiger partial charge in [-0.25, -0.2) is 4.39 Å². The van der Waals surface area contributed by atoms with E-state index < -0.39 is 0 Å². The lowest BCUT2D eigenvalue weighted by Crippen LogP contribution is -2.34. The zero-order valence-corrected chi connectivity index (χ0v) is 8.95. The van der Waals surface area contributed by atoms with Gasteiger partial charge in [0.25, 0.3) is 0 Å². The van der Waals surface area contributed by atoms with Crippen LogP contribution in [0.4, 0.5) is 4.39 Å². The molecule has 1 heterocycles. The van der Waals surface area contributed by atoms with Crippen LogP contribution in [0.5, 0.6) is 0 Å². The number of nitrogens with zero attached hydrogens (tertiary/aromatic N) is 1. The van der Waals surface area contributed by atoms with E-state index >= 15 is 0 Å². The van der Waals surface area contributed by atoms with Gasteiger partial charge in [-0.1, -0.05) is 24.3 Å². The van der Waals surface area contributed by atoms with E-state index in [1.165, 1.54) is 5.56 Å². The molecule has 2 rings (SSSR count). The maximum Gasteiger partial charge on any atom is 0.102 e. The van der Waals surface area contributed by atoms with Gasteiger partial charge in [0.05, 0.1) is 0 Å². The van der Waals surface area contributed by atoms with Crippen LogP contribution in [0, 0.1) is 6.07 Å². The van der Waals surface area contributed by atoms with E-state index in [4.69, 9.17) is 0 Å². The SMILES string of the molecule is FCCN1CCC(c2cc[c]cc2)CC1. The molecule has 81 valence electrons. The van der Waals surface area contributed by atoms with Crippen LogP contribution >= 0.6 is 0 Å². The Hall–Kier alpha value is -0.890. The first-order chi connectivity index (χ1) is 7.40. The molecule has 2 heteroatoms. The van der Waals surface area contributed by atoms with E-state index in [0.29, 0.717) is 12.5 Å². The molecule has 0 atom stereocenters. The van der Waals surface area contributed by atoms with Crippen LogP contribution in [0.15, 0.2) is 24.3 Å². The second-order valence-electron chi connectivity index (χ2n) is 4.14. The molecule has 1 nitrogen and oxygen atoms in total. The number of alkyl halides is 1. The summed E-state index contributed by atoms with van der Waals surface area (Å²) in [6.07, 6.45) is 2.31. The topological polar surface area (TPSA) is 3.24 Å². The highest BCUT2D eigenvalue weighted by Crippen LogP contribution is 2.27. The lowest BCUT2D eigenvalue weighted by atomic mass is 9.89. The van der Waals surface area contributed by atoms with Gasteiger partial charge in [0, 0.05) is 6.54 Å². The summed E-state index contributed by atoms with van der Waals surface area (Å²) in [5.74, 6) is 0.662. The van der Waals surface area contributed by atoms with Crippen molar-refractivity contribution in [3.05, 3.63) is 35.9 Å². The van der Waals surface area contributed by atoms with E-state index in [9.17, 15) is 4.39 Å². The summed E-state index contributed by atoms with van der Waals surface area (Å²) in [5, 5.41) is 0. The second-order valence-corrected chi connectivity index (χ2v) is 4.14. The smallest absolute Gasteiger partial charge is 0.102 e. The third-order valence-electron chi connectivity index (χ3n) is 3.20. The van der Waals surface area contributed by atoms with Crippen molar-refractivity contribution in [2.75, 3.05) is 26.3 Å². The van der Waals surface area contributed by atoms with E-state index in [-0.39, 0.29) is 6.67 Å². The maximum atomic E-state index is 12.2. The van der Waals surface area contributed by atoms with Crippen molar-refractivity contribution in [1.82, 2.24) is 4.90 Å². The van der Waals surface area contributed by atoms with E-state index in [2.05, 4.69) is 23.1 Å². The summed E-state index contributed by atoms with van der Waals surface area (Å²) in [6.45, 7) is 2.46. The van der Waals surface area contributed by atoms with Gasteiger partial charge in [0.1, 0.15) is 6.67 Å². The lowest BCUT2D eigenvalue weighted by Gasteiger charge is -2.31. The normalized spacial score (nSPS) is 19.3. The summed E-state index contributed by atoms with van der Waals surface area (Å²) in [7, 11) is 0. The molecule has 1 saturated heterocycles. The molecule has 1 radical (unpaired) electrons. The summed E-state index contributed by atoms with van der Waals surface area (Å²) < 4.78 is 12.2. The second kappa shape index (κ2) is 5.26. The van der Waals surface area contributed by atoms with Crippen LogP contribution in [-0.2, 0) is 0 Å². The van der Waals surface area contributed by atoms with Gasteiger partial charge >= 0.3 is 0 Å². The standard InChI is InChI=1S/C13H17FN/c14-8-11-15-9-6-13(7-10-15)12-4-2-1-3-5-12/h2-5,13H,6-11H2. The molecule has 1 aromatic carbocycles. The molecule has 0 aromatic heterocycles. The number of hydrogen-bond donors (Lipinski definition) is 0. The Balaban J connectivity index is 1.88. The lowest BCUT2D eigenvalue weighted by molar-refractivity contribution is 0.197. The van der Waals surface area contributed by atoms with Gasteiger partial charge in [0.2, 0.25) is 0 Å². The number of likely N-dealkylation sites (tertiary alicyclic amines) is 1. The van der Waals surface area contributed by atoms with Crippen LogP contribution in [0.2, 0.25) is 0 Å². The van der Waals surface area contributed by atoms with Crippen molar-refractivity contribution >= 4 is 0 Å². The van der Waals surface area contributed by atoms with E-state index in [1.54, 1.807) is 0 Å². The van der Waals surface area contributed by atoms with Crippen molar-refractivity contribution in [2.45, 2.75) is 18.8 Å². The summed E-state index contributed by atoms with van der Waals surface area (Å²) in [5.41, 5.74) is 1.41. The van der Waals surface area contributed by atoms with Gasteiger partial charge in [0.15, 0.2) is 0 Å². The number of benzene rings is 1. The number of piperidine rings is 1. The van der Waals surface area contributed by atoms with Gasteiger partial charge in [-0.05, 0) is 43.5 Å². The number of halogens is 1. The Morgan fingerprint density at radius 3 is 2.53 bits per heavy atom. The molecule has 0 N–H and O–H groups in total. The minimum absolute atomic E-state index is 0.217. The van der Waals surface area contributed by atoms with Crippen LogP contribution in [0.25, 0.3) is 0 Å². The van der Waals surface area contributed by atoms with Gasteiger partial charge < -0.3 is 4.90 Å². The molecule has 1 aromatic rings. The molecule has 1 aliphatic rings. The van der Waals surface area contributed by atoms with E-state index in [1.807, 2.05) is 12.1 Å². The zero-order chi connectivity index (χ0) is 10.5. The van der Waals surface area contributed by atoms with Crippen molar-refractivity contribution in [1.29, 1.82) is 0 Å². The first kappa shape index (κ1) is 10.6. The third-order valence-corrected chi connectivity index (χ3v) is 3.20. The molecule has 1 aliphatic heterocycles. The molecular formula is C13H17FN. The Kier molecular flexibility index (Phi) is 3.73. The van der Waals surface area contributed by atoms with Crippen molar-refractivity contribution < 1.29 is 4.39 Å². The zero-order valence-electron chi connectivity index (χ0n) is 8.95. The van der Waals surface area contributed by atoms with Crippen LogP contribution < -0.4 is 0 Å². The highest BCUT2D eigenvalue weighted by molar-refractivity contribution is 5.19. The van der Waals surface area contributed by atoms with Gasteiger partial charge in [-0.15, -0.1) is 0 Å². The predicted octanol–water partition coefficient (Wildman–Crippen LogP) is 2.64. The largest absolute Gasteiger partial charge is 0.301 e. The quantitative estimate of drug-likeness (QED) is 0.735. The molecule has 0 saturated carbocycles. The minimum Gasteiger partial charge on any atom is -0.301 e. The van der Waals surface area contributed by atoms with Gasteiger partial charge in [-0.2, -0.15) is 0 Å². The van der Waals surface area contributed by atoms with E-state index in [0.717, 1.165) is 25.9 Å². The average molecular weight is 206 g/mol. The number of hydrogen-bond acceptors (Lipinski definition) is 1. The van der Waals surface area contributed by atoms with Gasteiger partial charge in [-0.3, -0.25) is 0 Å². The minimum atomic E-state index is -0.217. The Morgan fingerprint density at radius 1 is 1.27 bits per heavy atom. The molecule has 1 fully saturated rings. The van der Waals surface area contributed by atoms with Crippen LogP contribution in [0.3, 0.4) is 0 Å². The predicted molar refractivity (Wildman–Crippen MR) is 59.7 cm³/mol. The average Bonchev–Trinajstić information content (AvgIpc) is 2.32. The van der Waals surface area contributed by atoms with Crippen LogP contribution in [-0.4, -0.2) is 31.2 Å². The van der Waals surface area contributed by atoms with Crippen molar-refractivity contribution in [3.8, 4) is 0 Å². The fourth-order valence-corrected chi connectivity index (χ4v) is 2.28. The highest BCUT2D eigenvalue weighted by atomic mass is 19.1. The molecule has 0 amide bonds. The van der Waals surface area contributed by atoms with Crippen LogP contribution in [0.1, 0.15) is 24.3 Å². The highest BCUT2D eigenvalue weighted by Gasteiger charge is 2.19. The fourth-order valence-electron chi connectivity index (χ4n) is 2.28. The first-order valence-corrected chi connectivity index (χ1v) is 5.64. The first-order valence-electron chi connectivity index (χ1n) is 5.64. The fraction of sp³-hybridized carbons (Fsp3) is 0.538. The molecule has 0 bridgehead atoms. The third kappa shape index (κ3) is 2.78. The van der Waals surface area contributed by atoms with Crippen molar-refractivity contribution in [3.63, 3.8) is 0 Å².